The summed E-state index contributed by atoms with van der Waals surface area (Å²) in [6, 6.07) is 0. The van der Waals surface area contributed by atoms with Gasteiger partial charge in [0.25, 0.3) is 0 Å². The molecule has 5 N–H and O–H groups in total. The van der Waals surface area contributed by atoms with Gasteiger partial charge in [0.1, 0.15) is 6.10 Å². The molecule has 11 atom stereocenters. The molecule has 8 nitrogen and oxygen atoms in total. The molecule has 35 heavy (non-hydrogen) atoms. The van der Waals surface area contributed by atoms with E-state index in [2.05, 4.69) is 0 Å². The van der Waals surface area contributed by atoms with Crippen LogP contribution in [0.4, 0.5) is 0 Å². The predicted molar refractivity (Wildman–Crippen MR) is 136 cm³/mol. The number of ether oxygens (including phenoxy) is 3. The first-order chi connectivity index (χ1) is 16.3. The molecule has 0 aromatic heterocycles. The molecule has 0 saturated carbocycles. The Labute approximate surface area is 212 Å². The van der Waals surface area contributed by atoms with Crippen LogP contribution in [-0.4, -0.2) is 70.2 Å². The minimum absolute atomic E-state index is 0.0471. The van der Waals surface area contributed by atoms with Gasteiger partial charge in [-0.1, -0.05) is 34.6 Å². The molecule has 0 bridgehead atoms. The number of carbonyl (C=O) groups excluding carboxylic acids is 1. The van der Waals surface area contributed by atoms with Crippen molar-refractivity contribution >= 4 is 5.97 Å². The van der Waals surface area contributed by atoms with Gasteiger partial charge in [0, 0.05) is 11.8 Å². The third-order valence-electron chi connectivity index (χ3n) is 7.69. The Morgan fingerprint density at radius 1 is 1.11 bits per heavy atom. The fourth-order valence-electron chi connectivity index (χ4n) is 5.19. The van der Waals surface area contributed by atoms with E-state index in [4.69, 9.17) is 19.9 Å². The van der Waals surface area contributed by atoms with Crippen LogP contribution in [0.5, 0.6) is 0 Å². The molecule has 1 aliphatic heterocycles. The van der Waals surface area contributed by atoms with Crippen LogP contribution in [-0.2, 0) is 19.0 Å². The maximum Gasteiger partial charge on any atom is 0.311 e. The Hall–Kier alpha value is -0.770. The minimum Gasteiger partial charge on any atom is -0.462 e. The molecular formula is C27H53NO7. The van der Waals surface area contributed by atoms with E-state index in [1.807, 2.05) is 34.6 Å². The van der Waals surface area contributed by atoms with E-state index in [1.165, 1.54) is 0 Å². The Bertz CT molecular complexity index is 616. The Morgan fingerprint density at radius 2 is 1.74 bits per heavy atom. The van der Waals surface area contributed by atoms with Gasteiger partial charge in [-0.15, -0.1) is 0 Å². The summed E-state index contributed by atoms with van der Waals surface area (Å²) in [7, 11) is 0. The van der Waals surface area contributed by atoms with Gasteiger partial charge in [0.15, 0.2) is 6.29 Å². The van der Waals surface area contributed by atoms with Crippen molar-refractivity contribution in [3.63, 3.8) is 0 Å². The highest BCUT2D eigenvalue weighted by Gasteiger charge is 2.45. The number of aliphatic hydroxyl groups excluding tert-OH is 2. The highest BCUT2D eigenvalue weighted by molar-refractivity contribution is 5.73. The summed E-state index contributed by atoms with van der Waals surface area (Å²) >= 11 is 0. The summed E-state index contributed by atoms with van der Waals surface area (Å²) in [4.78, 5) is 13.0. The van der Waals surface area contributed by atoms with E-state index in [0.717, 1.165) is 12.8 Å². The second-order valence-corrected chi connectivity index (χ2v) is 11.1. The normalized spacial score (nSPS) is 27.5. The molecule has 1 rings (SSSR count). The summed E-state index contributed by atoms with van der Waals surface area (Å²) in [5.41, 5.74) is 4.52. The lowest BCUT2D eigenvalue weighted by Gasteiger charge is -2.43. The van der Waals surface area contributed by atoms with Crippen molar-refractivity contribution in [2.45, 2.75) is 136 Å². The van der Waals surface area contributed by atoms with Crippen LogP contribution in [0.1, 0.15) is 93.9 Å². The first kappa shape index (κ1) is 32.3. The average Bonchev–Trinajstić information content (AvgIpc) is 2.82. The second-order valence-electron chi connectivity index (χ2n) is 11.1. The fraction of sp³-hybridized carbons (Fsp3) is 0.963. The SMILES string of the molecule is CCC(OC(=O)C(C)C(O)[C@@H](C)C(OC1CCCC(C)O1)C(C)(O)CC(C)CN)C(C)[C@H](O)CC. The molecule has 1 saturated heterocycles. The topological polar surface area (TPSA) is 131 Å². The zero-order valence-electron chi connectivity index (χ0n) is 23.3. The maximum atomic E-state index is 13.0. The zero-order chi connectivity index (χ0) is 26.9. The average molecular weight is 504 g/mol. The summed E-state index contributed by atoms with van der Waals surface area (Å²) in [6.07, 6.45) is 0.813. The van der Waals surface area contributed by atoms with Gasteiger partial charge >= 0.3 is 5.97 Å². The lowest BCUT2D eigenvalue weighted by Crippen LogP contribution is -2.53. The molecular weight excluding hydrogens is 450 g/mol. The molecule has 0 amide bonds. The van der Waals surface area contributed by atoms with Crippen LogP contribution >= 0.6 is 0 Å². The van der Waals surface area contributed by atoms with Gasteiger partial charge in [0.2, 0.25) is 0 Å². The molecule has 9 unspecified atom stereocenters. The van der Waals surface area contributed by atoms with Crippen molar-refractivity contribution in [2.24, 2.45) is 29.4 Å². The predicted octanol–water partition coefficient (Wildman–Crippen LogP) is 3.38. The smallest absolute Gasteiger partial charge is 0.311 e. The van der Waals surface area contributed by atoms with E-state index in [9.17, 15) is 20.1 Å². The van der Waals surface area contributed by atoms with Gasteiger partial charge in [-0.3, -0.25) is 4.79 Å². The number of aliphatic hydroxyl groups is 3. The number of hydrogen-bond donors (Lipinski definition) is 4. The van der Waals surface area contributed by atoms with Crippen LogP contribution in [0.2, 0.25) is 0 Å². The molecule has 1 heterocycles. The quantitative estimate of drug-likeness (QED) is 0.250. The van der Waals surface area contributed by atoms with Crippen LogP contribution in [0.15, 0.2) is 0 Å². The summed E-state index contributed by atoms with van der Waals surface area (Å²) in [5, 5.41) is 32.9. The van der Waals surface area contributed by atoms with Crippen molar-refractivity contribution in [3.8, 4) is 0 Å². The highest BCUT2D eigenvalue weighted by atomic mass is 16.7. The second kappa shape index (κ2) is 14.8. The Balaban J connectivity index is 3.04. The molecule has 0 aromatic carbocycles. The number of nitrogens with two attached hydrogens (primary N) is 1. The number of esters is 1. The van der Waals surface area contributed by atoms with Gasteiger partial charge in [0.05, 0.1) is 35.9 Å². The van der Waals surface area contributed by atoms with Crippen LogP contribution in [0.3, 0.4) is 0 Å². The number of hydrogen-bond acceptors (Lipinski definition) is 8. The summed E-state index contributed by atoms with van der Waals surface area (Å²) < 4.78 is 18.0. The zero-order valence-corrected chi connectivity index (χ0v) is 23.3. The molecule has 0 radical (unpaired) electrons. The summed E-state index contributed by atoms with van der Waals surface area (Å²) in [5.74, 6) is -2.12. The standard InChI is InChI=1S/C27H53NO7/c1-9-21(29)18(5)22(10-2)34-26(31)20(7)24(30)19(6)25(27(8,32)14-16(3)15-28)35-23-13-11-12-17(4)33-23/h16-25,29-30,32H,9-15,28H2,1-8H3/t16?,17?,18?,19-,20?,21-,22?,23?,24?,25?,27?/m1/s1. The largest absolute Gasteiger partial charge is 0.462 e. The summed E-state index contributed by atoms with van der Waals surface area (Å²) in [6.45, 7) is 15.1. The van der Waals surface area contributed by atoms with Crippen LogP contribution < -0.4 is 5.73 Å². The van der Waals surface area contributed by atoms with Crippen LogP contribution in [0, 0.1) is 23.7 Å². The fourth-order valence-corrected chi connectivity index (χ4v) is 5.19. The van der Waals surface area contributed by atoms with Crippen molar-refractivity contribution in [3.05, 3.63) is 0 Å². The third-order valence-corrected chi connectivity index (χ3v) is 7.69. The maximum absolute atomic E-state index is 13.0. The van der Waals surface area contributed by atoms with Gasteiger partial charge in [-0.2, -0.15) is 0 Å². The number of rotatable bonds is 15. The third kappa shape index (κ3) is 9.56. The Kier molecular flexibility index (Phi) is 13.7. The van der Waals surface area contributed by atoms with E-state index in [0.29, 0.717) is 32.2 Å². The molecule has 1 aliphatic rings. The van der Waals surface area contributed by atoms with Crippen molar-refractivity contribution in [2.75, 3.05) is 6.54 Å². The lowest BCUT2D eigenvalue weighted by molar-refractivity contribution is -0.260. The van der Waals surface area contributed by atoms with Gasteiger partial charge in [-0.25, -0.2) is 0 Å². The number of carbonyl (C=O) groups is 1. The first-order valence-corrected chi connectivity index (χ1v) is 13.6. The molecule has 0 aromatic rings. The monoisotopic (exact) mass is 503 g/mol. The van der Waals surface area contributed by atoms with Gasteiger partial charge < -0.3 is 35.3 Å². The molecule has 0 spiro atoms. The van der Waals surface area contributed by atoms with Gasteiger partial charge in [-0.05, 0) is 71.8 Å². The highest BCUT2D eigenvalue weighted by Crippen LogP contribution is 2.34. The first-order valence-electron chi connectivity index (χ1n) is 13.6. The van der Waals surface area contributed by atoms with E-state index < -0.39 is 54.1 Å². The van der Waals surface area contributed by atoms with E-state index in [-0.39, 0.29) is 17.9 Å². The van der Waals surface area contributed by atoms with Crippen LogP contribution in [0.25, 0.3) is 0 Å². The molecule has 8 heteroatoms. The Morgan fingerprint density at radius 3 is 2.26 bits per heavy atom. The molecule has 0 aliphatic carbocycles. The van der Waals surface area contributed by atoms with E-state index >= 15 is 0 Å². The lowest BCUT2D eigenvalue weighted by atomic mass is 9.78. The van der Waals surface area contributed by atoms with Crippen molar-refractivity contribution < 1.29 is 34.3 Å². The van der Waals surface area contributed by atoms with E-state index in [1.54, 1.807) is 20.8 Å². The molecule has 1 fully saturated rings. The minimum atomic E-state index is -1.29. The molecule has 208 valence electrons. The van der Waals surface area contributed by atoms with Crippen molar-refractivity contribution in [1.29, 1.82) is 0 Å². The van der Waals surface area contributed by atoms with Crippen molar-refractivity contribution in [1.82, 2.24) is 0 Å².